The van der Waals surface area contributed by atoms with Crippen molar-refractivity contribution in [3.8, 4) is 5.75 Å². The third-order valence-electron chi connectivity index (χ3n) is 4.74. The first-order valence-corrected chi connectivity index (χ1v) is 9.11. The number of quaternary nitrogens is 1. The molecule has 0 amide bonds. The van der Waals surface area contributed by atoms with Crippen LogP contribution >= 0.6 is 11.6 Å². The summed E-state index contributed by atoms with van der Waals surface area (Å²) in [5, 5.41) is 3.22. The Morgan fingerprint density at radius 2 is 1.50 bits per heavy atom. The summed E-state index contributed by atoms with van der Waals surface area (Å²) >= 11 is 5.97. The Bertz CT molecular complexity index is 607. The van der Waals surface area contributed by atoms with Crippen molar-refractivity contribution < 1.29 is 10.1 Å². The number of hydrogen-bond acceptors (Lipinski definition) is 1. The highest BCUT2D eigenvalue weighted by atomic mass is 35.5. The highest BCUT2D eigenvalue weighted by Gasteiger charge is 2.17. The van der Waals surface area contributed by atoms with Gasteiger partial charge in [0.1, 0.15) is 11.8 Å². The largest absolute Gasteiger partial charge is 0.497 e. The summed E-state index contributed by atoms with van der Waals surface area (Å²) in [6.07, 6.45) is 1.17. The van der Waals surface area contributed by atoms with E-state index >= 15 is 0 Å². The normalized spacial score (nSPS) is 13.8. The fourth-order valence-corrected chi connectivity index (χ4v) is 3.29. The molecule has 130 valence electrons. The zero-order valence-electron chi connectivity index (χ0n) is 15.1. The average molecular weight is 347 g/mol. The predicted octanol–water partition coefficient (Wildman–Crippen LogP) is 4.80. The van der Waals surface area contributed by atoms with Crippen molar-refractivity contribution in [1.29, 1.82) is 0 Å². The molecule has 2 atom stereocenters. The summed E-state index contributed by atoms with van der Waals surface area (Å²) in [5.74, 6) is 2.12. The van der Waals surface area contributed by atoms with Gasteiger partial charge in [0.15, 0.2) is 0 Å². The fraction of sp³-hybridized carbons (Fsp3) is 0.429. The Morgan fingerprint density at radius 1 is 0.917 bits per heavy atom. The van der Waals surface area contributed by atoms with Crippen LogP contribution in [-0.4, -0.2) is 13.7 Å². The van der Waals surface area contributed by atoms with E-state index in [1.54, 1.807) is 7.11 Å². The maximum absolute atomic E-state index is 5.97. The molecule has 0 aromatic heterocycles. The van der Waals surface area contributed by atoms with Crippen LogP contribution in [-0.2, 0) is 0 Å². The standard InChI is InChI=1S/C21H28ClNO/c1-15(2)21(18-7-11-20(24-4)12-8-18)13-14-23-16(3)17-5-9-19(22)10-6-17/h5-12,15-16,21,23H,13-14H2,1-4H3/p+1/t16-,21-/m1/s1. The second kappa shape index (κ2) is 9.10. The first-order valence-electron chi connectivity index (χ1n) is 8.74. The lowest BCUT2D eigenvalue weighted by Gasteiger charge is -2.22. The molecule has 0 bridgehead atoms. The van der Waals surface area contributed by atoms with Crippen LogP contribution in [0.5, 0.6) is 5.75 Å². The molecule has 2 nitrogen and oxygen atoms in total. The third-order valence-corrected chi connectivity index (χ3v) is 4.99. The first-order chi connectivity index (χ1) is 11.5. The molecule has 24 heavy (non-hydrogen) atoms. The summed E-state index contributed by atoms with van der Waals surface area (Å²) < 4.78 is 5.26. The van der Waals surface area contributed by atoms with E-state index in [1.807, 2.05) is 12.1 Å². The van der Waals surface area contributed by atoms with Gasteiger partial charge in [-0.25, -0.2) is 0 Å². The van der Waals surface area contributed by atoms with E-state index < -0.39 is 0 Å². The van der Waals surface area contributed by atoms with Gasteiger partial charge in [0.05, 0.1) is 13.7 Å². The quantitative estimate of drug-likeness (QED) is 0.729. The summed E-state index contributed by atoms with van der Waals surface area (Å²) in [6, 6.07) is 17.1. The summed E-state index contributed by atoms with van der Waals surface area (Å²) in [4.78, 5) is 0. The lowest BCUT2D eigenvalue weighted by molar-refractivity contribution is -0.693. The molecule has 3 heteroatoms. The molecule has 2 N–H and O–H groups in total. The zero-order chi connectivity index (χ0) is 17.5. The van der Waals surface area contributed by atoms with Gasteiger partial charge in [-0.1, -0.05) is 49.7 Å². The molecule has 2 aromatic rings. The molecular formula is C21H29ClNO+. The third kappa shape index (κ3) is 5.25. The molecule has 0 radical (unpaired) electrons. The van der Waals surface area contributed by atoms with Crippen LogP contribution in [0.2, 0.25) is 5.02 Å². The van der Waals surface area contributed by atoms with Gasteiger partial charge in [0, 0.05) is 17.0 Å². The first kappa shape index (κ1) is 18.8. The van der Waals surface area contributed by atoms with Gasteiger partial charge in [0.25, 0.3) is 0 Å². The van der Waals surface area contributed by atoms with Crippen molar-refractivity contribution in [2.24, 2.45) is 5.92 Å². The van der Waals surface area contributed by atoms with E-state index in [1.165, 1.54) is 17.5 Å². The molecule has 2 aromatic carbocycles. The number of ether oxygens (including phenoxy) is 1. The summed E-state index contributed by atoms with van der Waals surface area (Å²) in [6.45, 7) is 7.97. The summed E-state index contributed by atoms with van der Waals surface area (Å²) in [7, 11) is 1.71. The molecule has 0 unspecified atom stereocenters. The Morgan fingerprint density at radius 3 is 2.04 bits per heavy atom. The molecule has 0 aliphatic heterocycles. The van der Waals surface area contributed by atoms with Gasteiger partial charge < -0.3 is 10.1 Å². The van der Waals surface area contributed by atoms with Gasteiger partial charge in [0.2, 0.25) is 0 Å². The maximum atomic E-state index is 5.97. The van der Waals surface area contributed by atoms with Gasteiger partial charge in [-0.2, -0.15) is 0 Å². The van der Waals surface area contributed by atoms with Crippen LogP contribution < -0.4 is 10.1 Å². The maximum Gasteiger partial charge on any atom is 0.118 e. The minimum absolute atomic E-state index is 0.450. The van der Waals surface area contributed by atoms with Crippen molar-refractivity contribution >= 4 is 11.6 Å². The van der Waals surface area contributed by atoms with Crippen LogP contribution in [0.4, 0.5) is 0 Å². The van der Waals surface area contributed by atoms with E-state index in [9.17, 15) is 0 Å². The molecule has 0 aliphatic rings. The highest BCUT2D eigenvalue weighted by Crippen LogP contribution is 2.28. The van der Waals surface area contributed by atoms with E-state index in [-0.39, 0.29) is 0 Å². The molecule has 0 heterocycles. The van der Waals surface area contributed by atoms with Gasteiger partial charge in [-0.15, -0.1) is 0 Å². The fourth-order valence-electron chi connectivity index (χ4n) is 3.16. The van der Waals surface area contributed by atoms with Gasteiger partial charge in [-0.05, 0) is 48.6 Å². The monoisotopic (exact) mass is 346 g/mol. The molecule has 0 saturated carbocycles. The Kier molecular flexibility index (Phi) is 7.14. The van der Waals surface area contributed by atoms with Crippen molar-refractivity contribution in [1.82, 2.24) is 0 Å². The van der Waals surface area contributed by atoms with Crippen molar-refractivity contribution in [3.05, 3.63) is 64.7 Å². The molecular weight excluding hydrogens is 318 g/mol. The van der Waals surface area contributed by atoms with E-state index in [2.05, 4.69) is 62.5 Å². The number of halogens is 1. The van der Waals surface area contributed by atoms with Crippen LogP contribution in [0.25, 0.3) is 0 Å². The number of rotatable bonds is 8. The van der Waals surface area contributed by atoms with Crippen LogP contribution in [0.1, 0.15) is 50.3 Å². The number of benzene rings is 2. The van der Waals surface area contributed by atoms with Crippen molar-refractivity contribution in [2.45, 2.75) is 39.2 Å². The molecule has 0 fully saturated rings. The SMILES string of the molecule is COc1ccc([C@H](CC[NH2+][C@H](C)c2ccc(Cl)cc2)C(C)C)cc1. The predicted molar refractivity (Wildman–Crippen MR) is 102 cm³/mol. The van der Waals surface area contributed by atoms with E-state index in [4.69, 9.17) is 16.3 Å². The van der Waals surface area contributed by atoms with Crippen LogP contribution in [0.3, 0.4) is 0 Å². The molecule has 0 aliphatic carbocycles. The van der Waals surface area contributed by atoms with E-state index in [0.717, 1.165) is 17.3 Å². The Balaban J connectivity index is 1.92. The second-order valence-corrected chi connectivity index (χ2v) is 7.21. The van der Waals surface area contributed by atoms with E-state index in [0.29, 0.717) is 17.9 Å². The van der Waals surface area contributed by atoms with Crippen molar-refractivity contribution in [2.75, 3.05) is 13.7 Å². The van der Waals surface area contributed by atoms with Crippen LogP contribution in [0, 0.1) is 5.92 Å². The average Bonchev–Trinajstić information content (AvgIpc) is 2.59. The van der Waals surface area contributed by atoms with Gasteiger partial charge >= 0.3 is 0 Å². The highest BCUT2D eigenvalue weighted by molar-refractivity contribution is 6.30. The van der Waals surface area contributed by atoms with Crippen molar-refractivity contribution in [3.63, 3.8) is 0 Å². The Labute approximate surface area is 151 Å². The molecule has 0 spiro atoms. The Hall–Kier alpha value is -1.51. The van der Waals surface area contributed by atoms with Crippen LogP contribution in [0.15, 0.2) is 48.5 Å². The smallest absolute Gasteiger partial charge is 0.118 e. The minimum Gasteiger partial charge on any atom is -0.497 e. The summed E-state index contributed by atoms with van der Waals surface area (Å²) in [5.41, 5.74) is 2.73. The molecule has 2 rings (SSSR count). The minimum atomic E-state index is 0.450. The lowest BCUT2D eigenvalue weighted by Crippen LogP contribution is -2.84. The lowest BCUT2D eigenvalue weighted by atomic mass is 9.85. The second-order valence-electron chi connectivity index (χ2n) is 6.78. The number of methoxy groups -OCH3 is 1. The topological polar surface area (TPSA) is 25.8 Å². The van der Waals surface area contributed by atoms with Gasteiger partial charge in [-0.3, -0.25) is 0 Å². The zero-order valence-corrected chi connectivity index (χ0v) is 15.9. The number of nitrogens with two attached hydrogens (primary N) is 1. The molecule has 0 saturated heterocycles. The number of hydrogen-bond donors (Lipinski definition) is 1.